The maximum atomic E-state index is 10.3. The normalized spacial score (nSPS) is 21.9. The lowest BCUT2D eigenvalue weighted by atomic mass is 10.0. The summed E-state index contributed by atoms with van der Waals surface area (Å²) in [5.74, 6) is 0. The molecule has 2 heteroatoms. The summed E-state index contributed by atoms with van der Waals surface area (Å²) in [4.78, 5) is 10.3. The van der Waals surface area contributed by atoms with Crippen LogP contribution < -0.4 is 0 Å². The largest absolute Gasteiger partial charge is 0.367 e. The highest BCUT2D eigenvalue weighted by Gasteiger charge is 2.46. The molecular weight excluding hydrogens is 272 g/mol. The highest BCUT2D eigenvalue weighted by molar-refractivity contribution is 5.65. The molecule has 0 aliphatic carbocycles. The Bertz CT molecular complexity index is 452. The van der Waals surface area contributed by atoms with Crippen molar-refractivity contribution in [3.63, 3.8) is 0 Å². The van der Waals surface area contributed by atoms with Gasteiger partial charge in [-0.2, -0.15) is 0 Å². The van der Waals surface area contributed by atoms with Crippen LogP contribution in [0, 0.1) is 0 Å². The van der Waals surface area contributed by atoms with Gasteiger partial charge in [0.2, 0.25) is 0 Å². The van der Waals surface area contributed by atoms with Crippen molar-refractivity contribution >= 4 is 6.29 Å². The van der Waals surface area contributed by atoms with E-state index in [4.69, 9.17) is 4.74 Å². The van der Waals surface area contributed by atoms with Crippen molar-refractivity contribution in [3.05, 3.63) is 34.9 Å². The van der Waals surface area contributed by atoms with Gasteiger partial charge in [-0.3, -0.25) is 4.79 Å². The van der Waals surface area contributed by atoms with Gasteiger partial charge in [0.05, 0.1) is 11.7 Å². The van der Waals surface area contributed by atoms with E-state index in [1.54, 1.807) is 6.08 Å². The topological polar surface area (TPSA) is 29.6 Å². The van der Waals surface area contributed by atoms with Gasteiger partial charge in [0.25, 0.3) is 0 Å². The second kappa shape index (κ2) is 9.09. The Morgan fingerprint density at radius 1 is 0.955 bits per heavy atom. The van der Waals surface area contributed by atoms with E-state index in [1.165, 1.54) is 11.1 Å². The van der Waals surface area contributed by atoms with E-state index in [1.807, 2.05) is 6.92 Å². The lowest BCUT2D eigenvalue weighted by Gasteiger charge is -2.02. The van der Waals surface area contributed by atoms with E-state index >= 15 is 0 Å². The first-order valence-corrected chi connectivity index (χ1v) is 8.45. The minimum atomic E-state index is 0.121. The van der Waals surface area contributed by atoms with E-state index in [-0.39, 0.29) is 5.60 Å². The summed E-state index contributed by atoms with van der Waals surface area (Å²) >= 11 is 0. The summed E-state index contributed by atoms with van der Waals surface area (Å²) in [5.41, 5.74) is 4.19. The van der Waals surface area contributed by atoms with Crippen LogP contribution in [0.25, 0.3) is 0 Å². The molecule has 0 bridgehead atoms. The van der Waals surface area contributed by atoms with E-state index in [0.717, 1.165) is 50.4 Å². The van der Waals surface area contributed by atoms with Gasteiger partial charge in [-0.25, -0.2) is 0 Å². The van der Waals surface area contributed by atoms with Gasteiger partial charge in [0.15, 0.2) is 0 Å². The molecule has 1 unspecified atom stereocenters. The first-order chi connectivity index (χ1) is 10.3. The average molecular weight is 304 g/mol. The fraction of sp³-hybridized carbons (Fsp3) is 0.650. The molecule has 1 saturated heterocycles. The van der Waals surface area contributed by atoms with Gasteiger partial charge < -0.3 is 4.74 Å². The molecular formula is C20H32O2. The summed E-state index contributed by atoms with van der Waals surface area (Å²) in [7, 11) is 0. The van der Waals surface area contributed by atoms with Crippen molar-refractivity contribution in [2.75, 3.05) is 0 Å². The Morgan fingerprint density at radius 2 is 1.45 bits per heavy atom. The molecule has 1 heterocycles. The fourth-order valence-corrected chi connectivity index (χ4v) is 2.59. The molecule has 0 aromatic carbocycles. The van der Waals surface area contributed by atoms with Gasteiger partial charge >= 0.3 is 0 Å². The van der Waals surface area contributed by atoms with Crippen LogP contribution >= 0.6 is 0 Å². The molecule has 0 aromatic rings. The van der Waals surface area contributed by atoms with Crippen molar-refractivity contribution < 1.29 is 9.53 Å². The first-order valence-electron chi connectivity index (χ1n) is 8.45. The second-order valence-electron chi connectivity index (χ2n) is 7.08. The summed E-state index contributed by atoms with van der Waals surface area (Å²) < 4.78 is 5.62. The number of allylic oxidation sites excluding steroid dienone is 6. The Morgan fingerprint density at radius 3 is 1.95 bits per heavy atom. The Hall–Kier alpha value is -1.15. The van der Waals surface area contributed by atoms with E-state index in [0.29, 0.717) is 6.10 Å². The number of ether oxygens (including phenoxy) is 1. The molecule has 1 fully saturated rings. The molecule has 0 N–H and O–H groups in total. The summed E-state index contributed by atoms with van der Waals surface area (Å²) in [6.45, 7) is 10.8. The molecule has 124 valence electrons. The first kappa shape index (κ1) is 18.9. The minimum Gasteiger partial charge on any atom is -0.367 e. The van der Waals surface area contributed by atoms with Gasteiger partial charge in [-0.15, -0.1) is 0 Å². The van der Waals surface area contributed by atoms with Crippen molar-refractivity contribution in [1.29, 1.82) is 0 Å². The fourth-order valence-electron chi connectivity index (χ4n) is 2.59. The Balaban J connectivity index is 2.17. The monoisotopic (exact) mass is 304 g/mol. The molecule has 0 saturated carbocycles. The Labute approximate surface area is 136 Å². The lowest BCUT2D eigenvalue weighted by molar-refractivity contribution is -0.104. The Kier molecular flexibility index (Phi) is 7.81. The quantitative estimate of drug-likeness (QED) is 0.229. The van der Waals surface area contributed by atoms with Crippen LogP contribution in [0.4, 0.5) is 0 Å². The lowest BCUT2D eigenvalue weighted by Crippen LogP contribution is -2.02. The number of aldehydes is 1. The van der Waals surface area contributed by atoms with E-state index in [9.17, 15) is 4.79 Å². The smallest absolute Gasteiger partial charge is 0.142 e. The summed E-state index contributed by atoms with van der Waals surface area (Å²) in [6, 6.07) is 0. The average Bonchev–Trinajstić information content (AvgIpc) is 3.04. The van der Waals surface area contributed by atoms with Crippen LogP contribution in [0.1, 0.15) is 73.1 Å². The molecule has 0 spiro atoms. The van der Waals surface area contributed by atoms with Crippen molar-refractivity contribution in [2.24, 2.45) is 0 Å². The number of carbonyl (C=O) groups is 1. The van der Waals surface area contributed by atoms with Crippen LogP contribution in [-0.4, -0.2) is 18.0 Å². The van der Waals surface area contributed by atoms with Gasteiger partial charge in [-0.05, 0) is 79.2 Å². The third-order valence-corrected chi connectivity index (χ3v) is 4.38. The van der Waals surface area contributed by atoms with Crippen molar-refractivity contribution in [1.82, 2.24) is 0 Å². The van der Waals surface area contributed by atoms with Gasteiger partial charge in [-0.1, -0.05) is 28.9 Å². The SMILES string of the molecule is CC(=CC=O)CCC=C(C)CCC=C(C)CCC1OC1(C)C. The van der Waals surface area contributed by atoms with E-state index in [2.05, 4.69) is 39.8 Å². The minimum absolute atomic E-state index is 0.121. The van der Waals surface area contributed by atoms with Crippen LogP contribution in [-0.2, 0) is 9.53 Å². The van der Waals surface area contributed by atoms with Crippen LogP contribution in [0.2, 0.25) is 0 Å². The number of hydrogen-bond acceptors (Lipinski definition) is 2. The van der Waals surface area contributed by atoms with Gasteiger partial charge in [0, 0.05) is 0 Å². The van der Waals surface area contributed by atoms with Gasteiger partial charge in [0.1, 0.15) is 6.29 Å². The maximum Gasteiger partial charge on any atom is 0.142 e. The third kappa shape index (κ3) is 7.74. The molecule has 2 nitrogen and oxygen atoms in total. The molecule has 22 heavy (non-hydrogen) atoms. The highest BCUT2D eigenvalue weighted by atomic mass is 16.6. The van der Waals surface area contributed by atoms with Crippen LogP contribution in [0.5, 0.6) is 0 Å². The molecule has 1 rings (SSSR count). The number of rotatable bonds is 10. The molecule has 1 atom stereocenters. The predicted molar refractivity (Wildman–Crippen MR) is 94.0 cm³/mol. The summed E-state index contributed by atoms with van der Waals surface area (Å²) in [5, 5.41) is 0. The van der Waals surface area contributed by atoms with Crippen LogP contribution in [0.15, 0.2) is 34.9 Å². The zero-order chi connectivity index (χ0) is 16.6. The molecule has 0 aromatic heterocycles. The van der Waals surface area contributed by atoms with Crippen LogP contribution in [0.3, 0.4) is 0 Å². The van der Waals surface area contributed by atoms with E-state index < -0.39 is 0 Å². The van der Waals surface area contributed by atoms with Crippen molar-refractivity contribution in [2.45, 2.75) is 84.8 Å². The molecule has 1 aliphatic rings. The molecule has 0 amide bonds. The maximum absolute atomic E-state index is 10.3. The molecule has 0 radical (unpaired) electrons. The van der Waals surface area contributed by atoms with Crippen molar-refractivity contribution in [3.8, 4) is 0 Å². The number of carbonyl (C=O) groups excluding carboxylic acids is 1. The predicted octanol–water partition coefficient (Wildman–Crippen LogP) is 5.54. The summed E-state index contributed by atoms with van der Waals surface area (Å²) in [6.07, 6.45) is 14.2. The zero-order valence-corrected chi connectivity index (χ0v) is 14.9. The highest BCUT2D eigenvalue weighted by Crippen LogP contribution is 2.38. The second-order valence-corrected chi connectivity index (χ2v) is 7.08. The number of epoxide rings is 1. The molecule has 1 aliphatic heterocycles. The number of hydrogen-bond donors (Lipinski definition) is 0. The third-order valence-electron chi connectivity index (χ3n) is 4.38. The zero-order valence-electron chi connectivity index (χ0n) is 14.9. The standard InChI is InChI=1S/C20H32O2/c1-16(9-7-11-18(3)14-15-21)8-6-10-17(2)12-13-19-20(4,5)22-19/h9-10,14-15,19H,6-8,11-13H2,1-5H3.